The van der Waals surface area contributed by atoms with Gasteiger partial charge in [0.25, 0.3) is 5.56 Å². The molecule has 3 aromatic rings. The lowest BCUT2D eigenvalue weighted by Crippen LogP contribution is -2.25. The topological polar surface area (TPSA) is 64.0 Å². The van der Waals surface area contributed by atoms with Gasteiger partial charge < -0.3 is 5.32 Å². The zero-order valence-corrected chi connectivity index (χ0v) is 17.8. The number of hydrogen-bond donors (Lipinski definition) is 1. The van der Waals surface area contributed by atoms with Crippen LogP contribution in [0.5, 0.6) is 0 Å². The lowest BCUT2D eigenvalue weighted by atomic mass is 10.1. The van der Waals surface area contributed by atoms with Crippen molar-refractivity contribution in [2.45, 2.75) is 38.9 Å². The van der Waals surface area contributed by atoms with Crippen molar-refractivity contribution in [1.29, 1.82) is 0 Å². The van der Waals surface area contributed by atoms with Crippen LogP contribution in [-0.4, -0.2) is 21.2 Å². The third-order valence-electron chi connectivity index (χ3n) is 4.32. The lowest BCUT2D eigenvalue weighted by molar-refractivity contribution is -0.113. The largest absolute Gasteiger partial charge is 0.324 e. The van der Waals surface area contributed by atoms with Gasteiger partial charge in [-0.3, -0.25) is 14.2 Å². The van der Waals surface area contributed by atoms with Crippen LogP contribution in [0.25, 0.3) is 10.9 Å². The number of amides is 1. The quantitative estimate of drug-likeness (QED) is 0.471. The van der Waals surface area contributed by atoms with Gasteiger partial charge in [0.05, 0.1) is 27.4 Å². The highest BCUT2D eigenvalue weighted by molar-refractivity contribution is 7.99. The molecule has 3 rings (SSSR count). The van der Waals surface area contributed by atoms with Crippen molar-refractivity contribution in [2.75, 3.05) is 11.1 Å². The summed E-state index contributed by atoms with van der Waals surface area (Å²) in [6.45, 7) is 7.72. The first-order valence-electron chi connectivity index (χ1n) is 8.98. The molecule has 28 heavy (non-hydrogen) atoms. The molecule has 0 saturated heterocycles. The van der Waals surface area contributed by atoms with Crippen LogP contribution in [0.2, 0.25) is 5.02 Å². The molecule has 0 aliphatic rings. The fourth-order valence-corrected chi connectivity index (χ4v) is 4.36. The molecule has 0 fully saturated rings. The van der Waals surface area contributed by atoms with Gasteiger partial charge in [-0.25, -0.2) is 4.98 Å². The van der Waals surface area contributed by atoms with E-state index < -0.39 is 0 Å². The lowest BCUT2D eigenvalue weighted by Gasteiger charge is -2.16. The van der Waals surface area contributed by atoms with E-state index in [-0.39, 0.29) is 23.3 Å². The summed E-state index contributed by atoms with van der Waals surface area (Å²) in [6, 6.07) is 11.0. The van der Waals surface area contributed by atoms with E-state index >= 15 is 0 Å². The van der Waals surface area contributed by atoms with Gasteiger partial charge in [-0.2, -0.15) is 0 Å². The number of nitrogens with one attached hydrogen (secondary N) is 1. The molecule has 0 aliphatic carbocycles. The number of halogens is 1. The molecule has 0 saturated carbocycles. The Morgan fingerprint density at radius 1 is 1.25 bits per heavy atom. The van der Waals surface area contributed by atoms with Crippen molar-refractivity contribution in [3.05, 3.63) is 62.9 Å². The number of fused-ring (bicyclic) bond motifs is 1. The van der Waals surface area contributed by atoms with Crippen LogP contribution >= 0.6 is 23.4 Å². The molecule has 7 heteroatoms. The average molecular weight is 416 g/mol. The SMILES string of the molecule is Cc1cc(C)c(NC(=O)CSc2nc3ccccc3c(=O)n2C(C)C)c(Cl)c1. The first kappa shape index (κ1) is 20.4. The number of rotatable bonds is 5. The van der Waals surface area contributed by atoms with Crippen molar-refractivity contribution in [2.24, 2.45) is 0 Å². The Balaban J connectivity index is 1.84. The standard InChI is InChI=1S/C21H22ClN3O2S/c1-12(2)25-20(27)15-7-5-6-8-17(15)23-21(25)28-11-18(26)24-19-14(4)9-13(3)10-16(19)22/h5-10,12H,11H2,1-4H3,(H,24,26). The molecule has 5 nitrogen and oxygen atoms in total. The van der Waals surface area contributed by atoms with Gasteiger partial charge in [0, 0.05) is 6.04 Å². The smallest absolute Gasteiger partial charge is 0.262 e. The summed E-state index contributed by atoms with van der Waals surface area (Å²) in [5.41, 5.74) is 3.10. The van der Waals surface area contributed by atoms with Crippen LogP contribution in [0.1, 0.15) is 31.0 Å². The number of benzene rings is 2. The van der Waals surface area contributed by atoms with E-state index in [1.54, 1.807) is 16.7 Å². The summed E-state index contributed by atoms with van der Waals surface area (Å²) >= 11 is 7.51. The van der Waals surface area contributed by atoms with Gasteiger partial charge in [0.15, 0.2) is 5.16 Å². The van der Waals surface area contributed by atoms with Crippen LogP contribution in [0, 0.1) is 13.8 Å². The zero-order valence-electron chi connectivity index (χ0n) is 16.2. The van der Waals surface area contributed by atoms with E-state index in [1.165, 1.54) is 11.8 Å². The number of para-hydroxylation sites is 1. The van der Waals surface area contributed by atoms with Crippen molar-refractivity contribution >= 4 is 45.9 Å². The molecule has 1 heterocycles. The number of thioether (sulfide) groups is 1. The fraction of sp³-hybridized carbons (Fsp3) is 0.286. The van der Waals surface area contributed by atoms with Crippen molar-refractivity contribution < 1.29 is 4.79 Å². The minimum absolute atomic E-state index is 0.0658. The monoisotopic (exact) mass is 415 g/mol. The van der Waals surface area contributed by atoms with E-state index in [0.717, 1.165) is 11.1 Å². The molecule has 146 valence electrons. The van der Waals surface area contributed by atoms with E-state index in [9.17, 15) is 9.59 Å². The number of anilines is 1. The highest BCUT2D eigenvalue weighted by atomic mass is 35.5. The van der Waals surface area contributed by atoms with Crippen molar-refractivity contribution in [1.82, 2.24) is 9.55 Å². The van der Waals surface area contributed by atoms with Gasteiger partial charge in [-0.05, 0) is 57.0 Å². The Hall–Kier alpha value is -2.31. The van der Waals surface area contributed by atoms with E-state index in [2.05, 4.69) is 10.3 Å². The minimum Gasteiger partial charge on any atom is -0.324 e. The summed E-state index contributed by atoms with van der Waals surface area (Å²) < 4.78 is 1.63. The first-order valence-corrected chi connectivity index (χ1v) is 10.3. The Kier molecular flexibility index (Phi) is 6.10. The Morgan fingerprint density at radius 2 is 1.96 bits per heavy atom. The van der Waals surface area contributed by atoms with Crippen LogP contribution in [0.15, 0.2) is 46.3 Å². The van der Waals surface area contributed by atoms with Crippen LogP contribution < -0.4 is 10.9 Å². The normalized spacial score (nSPS) is 11.2. The number of nitrogens with zero attached hydrogens (tertiary/aromatic N) is 2. The Bertz CT molecular complexity index is 1090. The molecular weight excluding hydrogens is 394 g/mol. The summed E-state index contributed by atoms with van der Waals surface area (Å²) in [5.74, 6) is -0.0715. The van der Waals surface area contributed by atoms with Crippen LogP contribution in [0.4, 0.5) is 5.69 Å². The second-order valence-corrected chi connectivity index (χ2v) is 8.31. The Labute approximate surface area is 173 Å². The first-order chi connectivity index (χ1) is 13.3. The molecular formula is C21H22ClN3O2S. The average Bonchev–Trinajstić information content (AvgIpc) is 2.62. The maximum atomic E-state index is 12.8. The minimum atomic E-state index is -0.198. The molecule has 0 aliphatic heterocycles. The van der Waals surface area contributed by atoms with Gasteiger partial charge in [-0.1, -0.05) is 41.6 Å². The highest BCUT2D eigenvalue weighted by Crippen LogP contribution is 2.28. The van der Waals surface area contributed by atoms with Crippen LogP contribution in [0.3, 0.4) is 0 Å². The third kappa shape index (κ3) is 4.23. The number of carbonyl (C=O) groups excluding carboxylic acids is 1. The van der Waals surface area contributed by atoms with E-state index in [0.29, 0.717) is 26.8 Å². The van der Waals surface area contributed by atoms with E-state index in [4.69, 9.17) is 11.6 Å². The predicted octanol–water partition coefficient (Wildman–Crippen LogP) is 4.98. The Morgan fingerprint density at radius 3 is 2.64 bits per heavy atom. The highest BCUT2D eigenvalue weighted by Gasteiger charge is 2.16. The fourth-order valence-electron chi connectivity index (χ4n) is 3.06. The maximum absolute atomic E-state index is 12.8. The predicted molar refractivity (Wildman–Crippen MR) is 117 cm³/mol. The molecule has 1 aromatic heterocycles. The summed E-state index contributed by atoms with van der Waals surface area (Å²) in [7, 11) is 0. The molecule has 1 N–H and O–H groups in total. The molecule has 0 radical (unpaired) electrons. The van der Waals surface area contributed by atoms with Gasteiger partial charge in [0.1, 0.15) is 0 Å². The molecule has 0 unspecified atom stereocenters. The summed E-state index contributed by atoms with van der Waals surface area (Å²) in [4.78, 5) is 29.9. The molecule has 2 aromatic carbocycles. The molecule has 0 atom stereocenters. The molecule has 1 amide bonds. The van der Waals surface area contributed by atoms with Gasteiger partial charge in [-0.15, -0.1) is 0 Å². The molecule has 0 spiro atoms. The maximum Gasteiger partial charge on any atom is 0.262 e. The number of hydrogen-bond acceptors (Lipinski definition) is 4. The van der Waals surface area contributed by atoms with E-state index in [1.807, 2.05) is 52.0 Å². The summed E-state index contributed by atoms with van der Waals surface area (Å²) in [5, 5.41) is 4.49. The second-order valence-electron chi connectivity index (χ2n) is 6.96. The summed E-state index contributed by atoms with van der Waals surface area (Å²) in [6.07, 6.45) is 0. The number of aryl methyl sites for hydroxylation is 2. The van der Waals surface area contributed by atoms with Gasteiger partial charge in [0.2, 0.25) is 5.91 Å². The molecule has 0 bridgehead atoms. The number of carbonyl (C=O) groups is 1. The number of aromatic nitrogens is 2. The zero-order chi connectivity index (χ0) is 20.4. The second kappa shape index (κ2) is 8.37. The van der Waals surface area contributed by atoms with Crippen molar-refractivity contribution in [3.63, 3.8) is 0 Å². The third-order valence-corrected chi connectivity index (χ3v) is 5.57. The van der Waals surface area contributed by atoms with Crippen LogP contribution in [-0.2, 0) is 4.79 Å². The van der Waals surface area contributed by atoms with Crippen molar-refractivity contribution in [3.8, 4) is 0 Å². The van der Waals surface area contributed by atoms with Gasteiger partial charge >= 0.3 is 0 Å².